The Balaban J connectivity index is 2.23. The van der Waals surface area contributed by atoms with Crippen LogP contribution in [0.4, 0.5) is 5.95 Å². The van der Waals surface area contributed by atoms with Gasteiger partial charge in [-0.15, -0.1) is 10.2 Å². The number of hydrogen-bond donors (Lipinski definition) is 4. The van der Waals surface area contributed by atoms with Crippen molar-refractivity contribution in [2.24, 2.45) is 5.10 Å². The molecule has 0 unspecified atom stereocenters. The fourth-order valence-electron chi connectivity index (χ4n) is 1.52. The van der Waals surface area contributed by atoms with Gasteiger partial charge in [0.15, 0.2) is 0 Å². The number of aromatic nitrogens is 4. The Morgan fingerprint density at radius 3 is 2.81 bits per heavy atom. The van der Waals surface area contributed by atoms with Gasteiger partial charge in [0.05, 0.1) is 18.5 Å². The van der Waals surface area contributed by atoms with Crippen LogP contribution in [0.15, 0.2) is 16.1 Å². The van der Waals surface area contributed by atoms with Gasteiger partial charge in [-0.3, -0.25) is 14.8 Å². The molecule has 0 saturated heterocycles. The number of nitrogens with one attached hydrogen (secondary N) is 2. The summed E-state index contributed by atoms with van der Waals surface area (Å²) in [7, 11) is 0. The Hall–Kier alpha value is -2.81. The number of pyridine rings is 1. The predicted molar refractivity (Wildman–Crippen MR) is 75.2 cm³/mol. The zero-order valence-electron chi connectivity index (χ0n) is 11.5. The van der Waals surface area contributed by atoms with Crippen molar-refractivity contribution in [1.29, 1.82) is 0 Å². The summed E-state index contributed by atoms with van der Waals surface area (Å²) < 4.78 is 0. The first kappa shape index (κ1) is 14.6. The first-order chi connectivity index (χ1) is 10.0. The number of hydrogen-bond acceptors (Lipinski definition) is 8. The third kappa shape index (κ3) is 3.20. The monoisotopic (exact) mass is 290 g/mol. The number of rotatable bonds is 4. The number of nitrogens with zero attached hydrogens (tertiary/aromatic N) is 4. The highest BCUT2D eigenvalue weighted by atomic mass is 16.3. The van der Waals surface area contributed by atoms with Crippen LogP contribution in [0.25, 0.3) is 0 Å². The van der Waals surface area contributed by atoms with E-state index in [2.05, 4.69) is 30.7 Å². The first-order valence-corrected chi connectivity index (χ1v) is 6.04. The Labute approximate surface area is 119 Å². The second kappa shape index (κ2) is 6.09. The number of aliphatic hydroxyl groups excluding tert-OH is 1. The largest absolute Gasteiger partial charge is 0.505 e. The quantitative estimate of drug-likeness (QED) is 0.453. The van der Waals surface area contributed by atoms with E-state index in [0.29, 0.717) is 16.8 Å². The van der Waals surface area contributed by atoms with E-state index in [-0.39, 0.29) is 29.6 Å². The molecule has 21 heavy (non-hydrogen) atoms. The first-order valence-electron chi connectivity index (χ1n) is 6.04. The maximum atomic E-state index is 11.3. The van der Waals surface area contributed by atoms with Crippen LogP contribution in [0.2, 0.25) is 0 Å². The topological polar surface area (TPSA) is 136 Å². The second-order valence-corrected chi connectivity index (χ2v) is 4.25. The van der Waals surface area contributed by atoms with E-state index in [1.807, 2.05) is 0 Å². The molecule has 0 bridgehead atoms. The molecule has 110 valence electrons. The number of aliphatic hydroxyl groups is 1. The molecule has 2 aromatic rings. The lowest BCUT2D eigenvalue weighted by atomic mass is 10.1. The smallest absolute Gasteiger partial charge is 0.274 e. The minimum atomic E-state index is -0.374. The number of hydrazone groups is 1. The molecule has 0 amide bonds. The molecule has 9 heteroatoms. The van der Waals surface area contributed by atoms with E-state index in [9.17, 15) is 15.0 Å². The van der Waals surface area contributed by atoms with Gasteiger partial charge in [0.25, 0.3) is 5.56 Å². The zero-order chi connectivity index (χ0) is 15.4. The summed E-state index contributed by atoms with van der Waals surface area (Å²) in [5, 5.41) is 30.3. The highest BCUT2D eigenvalue weighted by Gasteiger charge is 2.09. The van der Waals surface area contributed by atoms with Crippen molar-refractivity contribution >= 4 is 12.2 Å². The highest BCUT2D eigenvalue weighted by Crippen LogP contribution is 2.21. The van der Waals surface area contributed by atoms with Crippen LogP contribution in [-0.2, 0) is 6.61 Å². The summed E-state index contributed by atoms with van der Waals surface area (Å²) in [6.07, 6.45) is 2.75. The van der Waals surface area contributed by atoms with Gasteiger partial charge in [-0.2, -0.15) is 5.10 Å². The molecule has 0 fully saturated rings. The molecule has 0 aliphatic rings. The van der Waals surface area contributed by atoms with Gasteiger partial charge in [0.1, 0.15) is 11.4 Å². The molecular formula is C12H14N6O3. The van der Waals surface area contributed by atoms with Crippen LogP contribution in [0.5, 0.6) is 5.75 Å². The van der Waals surface area contributed by atoms with E-state index in [1.165, 1.54) is 19.3 Å². The van der Waals surface area contributed by atoms with Gasteiger partial charge in [-0.05, 0) is 13.8 Å². The van der Waals surface area contributed by atoms with Crippen molar-refractivity contribution < 1.29 is 10.2 Å². The van der Waals surface area contributed by atoms with Crippen molar-refractivity contribution in [1.82, 2.24) is 20.2 Å². The van der Waals surface area contributed by atoms with Gasteiger partial charge in [0, 0.05) is 17.3 Å². The number of aromatic amines is 1. The molecule has 0 aromatic carbocycles. The maximum Gasteiger partial charge on any atom is 0.274 e. The van der Waals surface area contributed by atoms with Crippen molar-refractivity contribution in [2.45, 2.75) is 20.5 Å². The molecular weight excluding hydrogens is 276 g/mol. The SMILES string of the molecule is Cc1ncc(CO)c(/C=N/Nc2nnc(C)c(=O)[nH]2)c1O. The van der Waals surface area contributed by atoms with E-state index >= 15 is 0 Å². The summed E-state index contributed by atoms with van der Waals surface area (Å²) in [6, 6.07) is 0. The molecule has 2 heterocycles. The summed E-state index contributed by atoms with van der Waals surface area (Å²) in [6.45, 7) is 2.87. The lowest BCUT2D eigenvalue weighted by Gasteiger charge is -2.06. The number of aromatic hydroxyl groups is 1. The third-order valence-corrected chi connectivity index (χ3v) is 2.75. The fraction of sp³-hybridized carbons (Fsp3) is 0.250. The molecule has 0 atom stereocenters. The average molecular weight is 290 g/mol. The van der Waals surface area contributed by atoms with Crippen LogP contribution in [0.1, 0.15) is 22.5 Å². The normalized spacial score (nSPS) is 11.0. The van der Waals surface area contributed by atoms with Crippen molar-refractivity contribution in [3.05, 3.63) is 39.1 Å². The Morgan fingerprint density at radius 1 is 1.38 bits per heavy atom. The van der Waals surface area contributed by atoms with Gasteiger partial charge >= 0.3 is 0 Å². The number of H-pyrrole nitrogens is 1. The van der Waals surface area contributed by atoms with Crippen LogP contribution < -0.4 is 11.0 Å². The van der Waals surface area contributed by atoms with Crippen LogP contribution in [0.3, 0.4) is 0 Å². The van der Waals surface area contributed by atoms with Gasteiger partial charge in [-0.1, -0.05) is 0 Å². The Bertz CT molecular complexity index is 740. The summed E-state index contributed by atoms with van der Waals surface area (Å²) in [4.78, 5) is 17.7. The number of anilines is 1. The molecule has 0 radical (unpaired) electrons. The maximum absolute atomic E-state index is 11.3. The van der Waals surface area contributed by atoms with Gasteiger partial charge in [-0.25, -0.2) is 5.43 Å². The van der Waals surface area contributed by atoms with Gasteiger partial charge < -0.3 is 10.2 Å². The third-order valence-electron chi connectivity index (χ3n) is 2.75. The highest BCUT2D eigenvalue weighted by molar-refractivity contribution is 5.86. The van der Waals surface area contributed by atoms with Crippen molar-refractivity contribution in [2.75, 3.05) is 5.43 Å². The molecule has 0 aliphatic carbocycles. The van der Waals surface area contributed by atoms with Crippen molar-refractivity contribution in [3.63, 3.8) is 0 Å². The van der Waals surface area contributed by atoms with Crippen LogP contribution in [-0.4, -0.2) is 36.6 Å². The van der Waals surface area contributed by atoms with E-state index < -0.39 is 0 Å². The summed E-state index contributed by atoms with van der Waals surface area (Å²) >= 11 is 0. The molecule has 0 saturated carbocycles. The number of aryl methyl sites for hydroxylation is 2. The standard InChI is InChI=1S/C12H14N6O3/c1-6-10(20)9(8(5-19)3-13-6)4-14-17-12-15-11(21)7(2)16-18-12/h3-4,19-20H,5H2,1-2H3,(H2,15,17,18,21)/b14-4+. The van der Waals surface area contributed by atoms with Crippen molar-refractivity contribution in [3.8, 4) is 5.75 Å². The molecule has 2 aromatic heterocycles. The van der Waals surface area contributed by atoms with E-state index in [4.69, 9.17) is 0 Å². The Kier molecular flexibility index (Phi) is 4.24. The minimum Gasteiger partial charge on any atom is -0.505 e. The van der Waals surface area contributed by atoms with Crippen LogP contribution in [0, 0.1) is 13.8 Å². The fourth-order valence-corrected chi connectivity index (χ4v) is 1.52. The predicted octanol–water partition coefficient (Wildman–Crippen LogP) is -0.179. The van der Waals surface area contributed by atoms with E-state index in [1.54, 1.807) is 6.92 Å². The summed E-state index contributed by atoms with van der Waals surface area (Å²) in [5.74, 6) is -0.00625. The molecule has 0 aliphatic heterocycles. The van der Waals surface area contributed by atoms with Crippen LogP contribution >= 0.6 is 0 Å². The molecule has 4 N–H and O–H groups in total. The second-order valence-electron chi connectivity index (χ2n) is 4.25. The van der Waals surface area contributed by atoms with E-state index in [0.717, 1.165) is 0 Å². The molecule has 0 spiro atoms. The molecule has 2 rings (SSSR count). The average Bonchev–Trinajstić information content (AvgIpc) is 2.47. The minimum absolute atomic E-state index is 0.0673. The zero-order valence-corrected chi connectivity index (χ0v) is 11.5. The lowest BCUT2D eigenvalue weighted by Crippen LogP contribution is -2.15. The Morgan fingerprint density at radius 2 is 2.14 bits per heavy atom. The lowest BCUT2D eigenvalue weighted by molar-refractivity contribution is 0.280. The molecule has 9 nitrogen and oxygen atoms in total. The summed E-state index contributed by atoms with van der Waals surface area (Å²) in [5.41, 5.74) is 3.53. The van der Waals surface area contributed by atoms with Gasteiger partial charge in [0.2, 0.25) is 5.95 Å².